The van der Waals surface area contributed by atoms with Crippen LogP contribution >= 0.6 is 0 Å². The molecule has 0 spiro atoms. The van der Waals surface area contributed by atoms with Crippen LogP contribution in [0.15, 0.2) is 48.5 Å². The van der Waals surface area contributed by atoms with Crippen LogP contribution in [0.2, 0.25) is 0 Å². The van der Waals surface area contributed by atoms with Crippen LogP contribution in [0.3, 0.4) is 0 Å². The minimum absolute atomic E-state index is 0.0439. The molecule has 0 heterocycles. The molecule has 1 fully saturated rings. The first-order valence-electron chi connectivity index (χ1n) is 11.1. The van der Waals surface area contributed by atoms with Crippen molar-refractivity contribution >= 4 is 18.0 Å². The third-order valence-corrected chi connectivity index (χ3v) is 6.40. The van der Waals surface area contributed by atoms with Crippen LogP contribution in [0.25, 0.3) is 11.1 Å². The van der Waals surface area contributed by atoms with Crippen molar-refractivity contribution in [2.75, 3.05) is 13.2 Å². The Morgan fingerprint density at radius 2 is 1.69 bits per heavy atom. The summed E-state index contributed by atoms with van der Waals surface area (Å²) in [5, 5.41) is 13.6. The monoisotopic (exact) mass is 482 g/mol. The van der Waals surface area contributed by atoms with Crippen LogP contribution in [0.5, 0.6) is 0 Å². The molecule has 182 valence electrons. The van der Waals surface area contributed by atoms with Gasteiger partial charge in [0.05, 0.1) is 5.92 Å². The van der Waals surface area contributed by atoms with E-state index in [0.717, 1.165) is 22.3 Å². The summed E-state index contributed by atoms with van der Waals surface area (Å²) in [4.78, 5) is 36.0. The molecule has 3 N–H and O–H groups in total. The van der Waals surface area contributed by atoms with Gasteiger partial charge in [-0.25, -0.2) is 13.6 Å². The molecule has 2 aliphatic carbocycles. The lowest BCUT2D eigenvalue weighted by Crippen LogP contribution is -2.47. The largest absolute Gasteiger partial charge is 0.481 e. The molecule has 3 atom stereocenters. The summed E-state index contributed by atoms with van der Waals surface area (Å²) in [6.07, 6.45) is -0.902. The van der Waals surface area contributed by atoms with Gasteiger partial charge in [-0.15, -0.1) is 11.8 Å². The van der Waals surface area contributed by atoms with Gasteiger partial charge in [0, 0.05) is 18.9 Å². The minimum Gasteiger partial charge on any atom is -0.481 e. The van der Waals surface area contributed by atoms with E-state index in [9.17, 15) is 23.2 Å². The van der Waals surface area contributed by atoms with Gasteiger partial charge >= 0.3 is 12.1 Å². The zero-order valence-corrected chi connectivity index (χ0v) is 18.9. The standard InChI is InChI=1S/C26H24F2N2O5/c1-2-3-12-21(23(31)29-13-20-22(24(32)33)26(20,27)28)30-25(34)35-14-19-17-10-6-4-8-15(17)16-9-5-7-11-18(16)19/h4-11,19-22H,12-14H2,1H3,(H,29,31)(H,30,34)(H,32,33). The molecule has 1 saturated carbocycles. The predicted molar refractivity (Wildman–Crippen MR) is 123 cm³/mol. The first kappa shape index (κ1) is 24.2. The van der Waals surface area contributed by atoms with Crippen LogP contribution in [-0.4, -0.2) is 48.2 Å². The summed E-state index contributed by atoms with van der Waals surface area (Å²) in [7, 11) is 0. The number of nitrogens with one attached hydrogen (secondary N) is 2. The molecule has 0 bridgehead atoms. The topological polar surface area (TPSA) is 105 Å². The van der Waals surface area contributed by atoms with Gasteiger partial charge in [-0.3, -0.25) is 9.59 Å². The predicted octanol–water partition coefficient (Wildman–Crippen LogP) is 3.39. The molecule has 0 aliphatic heterocycles. The highest BCUT2D eigenvalue weighted by Crippen LogP contribution is 2.54. The zero-order valence-electron chi connectivity index (χ0n) is 18.9. The Balaban J connectivity index is 1.36. The van der Waals surface area contributed by atoms with Gasteiger partial charge in [0.1, 0.15) is 18.6 Å². The lowest BCUT2D eigenvalue weighted by atomic mass is 9.98. The van der Waals surface area contributed by atoms with E-state index >= 15 is 0 Å². The van der Waals surface area contributed by atoms with E-state index in [1.807, 2.05) is 48.5 Å². The maximum Gasteiger partial charge on any atom is 0.407 e. The number of hydrogen-bond acceptors (Lipinski definition) is 4. The fourth-order valence-corrected chi connectivity index (χ4v) is 4.51. The molecule has 7 nitrogen and oxygen atoms in total. The number of hydrogen-bond donors (Lipinski definition) is 3. The van der Waals surface area contributed by atoms with Crippen LogP contribution in [0.1, 0.15) is 30.4 Å². The number of ether oxygens (including phenoxy) is 1. The maximum atomic E-state index is 13.6. The highest BCUT2D eigenvalue weighted by molar-refractivity contribution is 5.86. The minimum atomic E-state index is -3.38. The van der Waals surface area contributed by atoms with Gasteiger partial charge < -0.3 is 20.5 Å². The Kier molecular flexibility index (Phi) is 6.74. The third-order valence-electron chi connectivity index (χ3n) is 6.40. The van der Waals surface area contributed by atoms with Crippen molar-refractivity contribution < 1.29 is 33.0 Å². The number of carboxylic acid groups (broad SMARTS) is 1. The number of alkyl carbamates (subject to hydrolysis) is 1. The molecular weight excluding hydrogens is 458 g/mol. The Labute approximate surface area is 200 Å². The summed E-state index contributed by atoms with van der Waals surface area (Å²) < 4.78 is 32.6. The van der Waals surface area contributed by atoms with Crippen molar-refractivity contribution in [2.24, 2.45) is 11.8 Å². The molecule has 0 aromatic heterocycles. The fourth-order valence-electron chi connectivity index (χ4n) is 4.51. The lowest BCUT2D eigenvalue weighted by Gasteiger charge is -2.18. The quantitative estimate of drug-likeness (QED) is 0.501. The zero-order chi connectivity index (χ0) is 25.2. The summed E-state index contributed by atoms with van der Waals surface area (Å²) in [6.45, 7) is 1.08. The van der Waals surface area contributed by atoms with Crippen LogP contribution in [0, 0.1) is 23.7 Å². The number of carbonyl (C=O) groups excluding carboxylic acids is 2. The molecule has 3 unspecified atom stereocenters. The molecule has 9 heteroatoms. The molecule has 2 amide bonds. The number of halogens is 2. The number of fused-ring (bicyclic) bond motifs is 3. The third kappa shape index (κ3) is 4.83. The molecule has 0 saturated heterocycles. The SMILES string of the molecule is CC#CCC(NC(=O)OCC1c2ccccc2-c2ccccc21)C(=O)NCC1C(C(=O)O)C1(F)F. The van der Waals surface area contributed by atoms with E-state index < -0.39 is 48.3 Å². The van der Waals surface area contributed by atoms with Crippen molar-refractivity contribution in [3.63, 3.8) is 0 Å². The van der Waals surface area contributed by atoms with E-state index in [4.69, 9.17) is 9.84 Å². The number of carbonyl (C=O) groups is 3. The number of benzene rings is 2. The Hall–Kier alpha value is -3.93. The summed E-state index contributed by atoms with van der Waals surface area (Å²) in [6, 6.07) is 14.6. The number of carboxylic acids is 1. The van der Waals surface area contributed by atoms with Gasteiger partial charge in [-0.05, 0) is 29.2 Å². The molecule has 4 rings (SSSR count). The number of rotatable bonds is 8. The normalized spacial score (nSPS) is 19.9. The van der Waals surface area contributed by atoms with Crippen LogP contribution in [-0.2, 0) is 14.3 Å². The molecule has 2 aromatic rings. The molecule has 2 aliphatic rings. The molecule has 2 aromatic carbocycles. The Morgan fingerprint density at radius 3 is 2.23 bits per heavy atom. The first-order valence-corrected chi connectivity index (χ1v) is 11.1. The Bertz CT molecular complexity index is 1170. The second-order valence-electron chi connectivity index (χ2n) is 8.50. The van der Waals surface area contributed by atoms with Crippen molar-refractivity contribution in [3.05, 3.63) is 59.7 Å². The number of amides is 2. The van der Waals surface area contributed by atoms with E-state index in [2.05, 4.69) is 22.5 Å². The second-order valence-corrected chi connectivity index (χ2v) is 8.50. The fraction of sp³-hybridized carbons (Fsp3) is 0.346. The Morgan fingerprint density at radius 1 is 1.09 bits per heavy atom. The summed E-state index contributed by atoms with van der Waals surface area (Å²) >= 11 is 0. The number of alkyl halides is 2. The van der Waals surface area contributed by atoms with Gasteiger partial charge in [-0.1, -0.05) is 48.5 Å². The van der Waals surface area contributed by atoms with Crippen molar-refractivity contribution in [1.82, 2.24) is 10.6 Å². The van der Waals surface area contributed by atoms with E-state index in [-0.39, 0.29) is 18.9 Å². The average molecular weight is 482 g/mol. The smallest absolute Gasteiger partial charge is 0.407 e. The van der Waals surface area contributed by atoms with E-state index in [0.29, 0.717) is 0 Å². The molecule has 35 heavy (non-hydrogen) atoms. The van der Waals surface area contributed by atoms with E-state index in [1.54, 1.807) is 6.92 Å². The van der Waals surface area contributed by atoms with Crippen molar-refractivity contribution in [2.45, 2.75) is 31.2 Å². The van der Waals surface area contributed by atoms with Crippen molar-refractivity contribution in [3.8, 4) is 23.0 Å². The molecule has 0 radical (unpaired) electrons. The highest BCUT2D eigenvalue weighted by atomic mass is 19.3. The first-order chi connectivity index (χ1) is 16.8. The lowest BCUT2D eigenvalue weighted by molar-refractivity contribution is -0.141. The van der Waals surface area contributed by atoms with E-state index in [1.165, 1.54) is 0 Å². The van der Waals surface area contributed by atoms with Gasteiger partial charge in [0.25, 0.3) is 5.92 Å². The second kappa shape index (κ2) is 9.74. The molecular formula is C26H24F2N2O5. The summed E-state index contributed by atoms with van der Waals surface area (Å²) in [5.41, 5.74) is 4.21. The average Bonchev–Trinajstić information content (AvgIpc) is 3.25. The van der Waals surface area contributed by atoms with Crippen LogP contribution in [0.4, 0.5) is 13.6 Å². The van der Waals surface area contributed by atoms with Crippen LogP contribution < -0.4 is 10.6 Å². The highest BCUT2D eigenvalue weighted by Gasteiger charge is 2.72. The van der Waals surface area contributed by atoms with Gasteiger partial charge in [-0.2, -0.15) is 0 Å². The van der Waals surface area contributed by atoms with Crippen molar-refractivity contribution in [1.29, 1.82) is 0 Å². The summed E-state index contributed by atoms with van der Waals surface area (Å²) in [5.74, 6) is -3.91. The van der Waals surface area contributed by atoms with Gasteiger partial charge in [0.15, 0.2) is 0 Å². The maximum absolute atomic E-state index is 13.6. The number of aliphatic carboxylic acids is 1. The van der Waals surface area contributed by atoms with Gasteiger partial charge in [0.2, 0.25) is 5.91 Å².